The van der Waals surface area contributed by atoms with Crippen LogP contribution in [0.3, 0.4) is 0 Å². The molecule has 4 aromatic rings. The molecule has 0 saturated carbocycles. The molecule has 2 heteroatoms. The molecule has 0 bridgehead atoms. The minimum absolute atomic E-state index is 0.827. The van der Waals surface area contributed by atoms with E-state index in [9.17, 15) is 0 Å². The van der Waals surface area contributed by atoms with Crippen LogP contribution in [0.1, 0.15) is 18.1 Å². The molecule has 0 heterocycles. The van der Waals surface area contributed by atoms with E-state index in [4.69, 9.17) is 9.47 Å². The number of rotatable bonds is 6. The Morgan fingerprint density at radius 1 is 0.483 bits per heavy atom. The van der Waals surface area contributed by atoms with Gasteiger partial charge < -0.3 is 9.47 Å². The maximum absolute atomic E-state index is 5.94. The fourth-order valence-electron chi connectivity index (χ4n) is 3.10. The van der Waals surface area contributed by atoms with Crippen molar-refractivity contribution in [2.75, 3.05) is 0 Å². The molecule has 144 valence electrons. The normalized spacial score (nSPS) is 10.6. The van der Waals surface area contributed by atoms with Gasteiger partial charge in [0.1, 0.15) is 23.0 Å². The maximum atomic E-state index is 5.94. The van der Waals surface area contributed by atoms with Gasteiger partial charge in [-0.1, -0.05) is 61.0 Å². The van der Waals surface area contributed by atoms with Crippen molar-refractivity contribution >= 4 is 0 Å². The average Bonchev–Trinajstić information content (AvgIpc) is 2.77. The van der Waals surface area contributed by atoms with Gasteiger partial charge in [0.05, 0.1) is 0 Å². The van der Waals surface area contributed by atoms with Crippen LogP contribution in [-0.2, 0) is 6.42 Å². The van der Waals surface area contributed by atoms with Crippen molar-refractivity contribution in [2.24, 2.45) is 0 Å². The van der Waals surface area contributed by atoms with E-state index in [1.807, 2.05) is 60.7 Å². The molecule has 29 heavy (non-hydrogen) atoms. The fourth-order valence-corrected chi connectivity index (χ4v) is 3.10. The number of ether oxygens (including phenoxy) is 2. The molecule has 0 N–H and O–H groups in total. The lowest BCUT2D eigenvalue weighted by Crippen LogP contribution is -1.86. The Balaban J connectivity index is 1.42. The van der Waals surface area contributed by atoms with E-state index in [0.717, 1.165) is 40.5 Å². The van der Waals surface area contributed by atoms with Gasteiger partial charge in [-0.15, -0.1) is 0 Å². The van der Waals surface area contributed by atoms with Crippen LogP contribution in [0.2, 0.25) is 0 Å². The first-order valence-corrected chi connectivity index (χ1v) is 9.91. The first-order valence-electron chi connectivity index (χ1n) is 9.91. The Morgan fingerprint density at radius 3 is 1.21 bits per heavy atom. The Kier molecular flexibility index (Phi) is 5.62. The summed E-state index contributed by atoms with van der Waals surface area (Å²) in [5, 5.41) is 0. The highest BCUT2D eigenvalue weighted by atomic mass is 16.5. The monoisotopic (exact) mass is 380 g/mol. The Labute approximate surface area is 172 Å². The average molecular weight is 380 g/mol. The van der Waals surface area contributed by atoms with Crippen LogP contribution in [0.15, 0.2) is 97.1 Å². The van der Waals surface area contributed by atoms with E-state index in [0.29, 0.717) is 0 Å². The van der Waals surface area contributed by atoms with Gasteiger partial charge in [0.15, 0.2) is 0 Å². The van der Waals surface area contributed by atoms with Crippen LogP contribution < -0.4 is 9.47 Å². The Bertz CT molecular complexity index is 1050. The van der Waals surface area contributed by atoms with E-state index in [2.05, 4.69) is 50.2 Å². The van der Waals surface area contributed by atoms with Crippen LogP contribution in [0.4, 0.5) is 0 Å². The molecule has 2 nitrogen and oxygen atoms in total. The SMILES string of the molecule is CCc1ccc(Oc2ccc(-c3ccc(Oc4ccc(C)cc4)cc3)cc2)cc1. The quantitative estimate of drug-likeness (QED) is 0.339. The summed E-state index contributed by atoms with van der Waals surface area (Å²) in [6.45, 7) is 4.21. The number of benzene rings is 4. The van der Waals surface area contributed by atoms with Gasteiger partial charge in [-0.2, -0.15) is 0 Å². The predicted molar refractivity (Wildman–Crippen MR) is 119 cm³/mol. The summed E-state index contributed by atoms with van der Waals surface area (Å²) in [7, 11) is 0. The molecule has 0 aliphatic rings. The van der Waals surface area contributed by atoms with Gasteiger partial charge in [-0.3, -0.25) is 0 Å². The third-order valence-electron chi connectivity index (χ3n) is 4.87. The lowest BCUT2D eigenvalue weighted by atomic mass is 10.1. The number of hydrogen-bond acceptors (Lipinski definition) is 2. The molecule has 0 radical (unpaired) electrons. The highest BCUT2D eigenvalue weighted by Gasteiger charge is 2.03. The van der Waals surface area contributed by atoms with E-state index in [1.54, 1.807) is 0 Å². The van der Waals surface area contributed by atoms with Gasteiger partial charge in [0.25, 0.3) is 0 Å². The fraction of sp³-hybridized carbons (Fsp3) is 0.111. The second kappa shape index (κ2) is 8.66. The molecule has 0 aliphatic heterocycles. The third kappa shape index (κ3) is 4.85. The number of hydrogen-bond donors (Lipinski definition) is 0. The van der Waals surface area contributed by atoms with Crippen molar-refractivity contribution in [1.82, 2.24) is 0 Å². The highest BCUT2D eigenvalue weighted by molar-refractivity contribution is 5.65. The van der Waals surface area contributed by atoms with Crippen LogP contribution in [-0.4, -0.2) is 0 Å². The minimum Gasteiger partial charge on any atom is -0.457 e. The molecule has 0 amide bonds. The summed E-state index contributed by atoms with van der Waals surface area (Å²) in [5.41, 5.74) is 4.81. The zero-order chi connectivity index (χ0) is 20.1. The summed E-state index contributed by atoms with van der Waals surface area (Å²) in [6, 6.07) is 32.6. The van der Waals surface area contributed by atoms with Crippen molar-refractivity contribution in [1.29, 1.82) is 0 Å². The van der Waals surface area contributed by atoms with Crippen molar-refractivity contribution < 1.29 is 9.47 Å². The number of aryl methyl sites for hydroxylation is 2. The van der Waals surface area contributed by atoms with Crippen LogP contribution in [0.25, 0.3) is 11.1 Å². The topological polar surface area (TPSA) is 18.5 Å². The Hall–Kier alpha value is -3.52. The summed E-state index contributed by atoms with van der Waals surface area (Å²) < 4.78 is 11.8. The molecule has 0 unspecified atom stereocenters. The molecule has 0 spiro atoms. The van der Waals surface area contributed by atoms with Gasteiger partial charge >= 0.3 is 0 Å². The molecule has 0 atom stereocenters. The lowest BCUT2D eigenvalue weighted by molar-refractivity contribution is 0.482. The molecule has 0 saturated heterocycles. The summed E-state index contributed by atoms with van der Waals surface area (Å²) in [5.74, 6) is 3.36. The molecular weight excluding hydrogens is 356 g/mol. The smallest absolute Gasteiger partial charge is 0.127 e. The summed E-state index contributed by atoms with van der Waals surface area (Å²) in [6.07, 6.45) is 1.03. The first kappa shape index (κ1) is 18.8. The highest BCUT2D eigenvalue weighted by Crippen LogP contribution is 2.28. The second-order valence-corrected chi connectivity index (χ2v) is 7.06. The van der Waals surface area contributed by atoms with Gasteiger partial charge in [-0.25, -0.2) is 0 Å². The van der Waals surface area contributed by atoms with Crippen molar-refractivity contribution in [2.45, 2.75) is 20.3 Å². The molecule has 0 fully saturated rings. The van der Waals surface area contributed by atoms with E-state index in [-0.39, 0.29) is 0 Å². The standard InChI is InChI=1S/C27H24O2/c1-3-21-6-14-25(15-7-21)29-27-18-10-23(11-19-27)22-8-16-26(17-9-22)28-24-12-4-20(2)5-13-24/h4-19H,3H2,1-2H3. The first-order chi connectivity index (χ1) is 14.2. The van der Waals surface area contributed by atoms with Gasteiger partial charge in [-0.05, 0) is 78.6 Å². The van der Waals surface area contributed by atoms with Crippen molar-refractivity contribution in [3.05, 3.63) is 108 Å². The molecule has 0 aliphatic carbocycles. The minimum atomic E-state index is 0.827. The van der Waals surface area contributed by atoms with E-state index < -0.39 is 0 Å². The van der Waals surface area contributed by atoms with Gasteiger partial charge in [0.2, 0.25) is 0 Å². The Morgan fingerprint density at radius 2 is 0.828 bits per heavy atom. The third-order valence-corrected chi connectivity index (χ3v) is 4.87. The van der Waals surface area contributed by atoms with Crippen LogP contribution in [0, 0.1) is 6.92 Å². The molecule has 4 rings (SSSR count). The second-order valence-electron chi connectivity index (χ2n) is 7.06. The van der Waals surface area contributed by atoms with E-state index in [1.165, 1.54) is 11.1 Å². The van der Waals surface area contributed by atoms with Crippen LogP contribution in [0.5, 0.6) is 23.0 Å². The maximum Gasteiger partial charge on any atom is 0.127 e. The summed E-state index contributed by atoms with van der Waals surface area (Å²) >= 11 is 0. The van der Waals surface area contributed by atoms with E-state index >= 15 is 0 Å². The van der Waals surface area contributed by atoms with Crippen molar-refractivity contribution in [3.63, 3.8) is 0 Å². The summed E-state index contributed by atoms with van der Waals surface area (Å²) in [4.78, 5) is 0. The van der Waals surface area contributed by atoms with Gasteiger partial charge in [0, 0.05) is 0 Å². The van der Waals surface area contributed by atoms with Crippen molar-refractivity contribution in [3.8, 4) is 34.1 Å². The largest absolute Gasteiger partial charge is 0.457 e. The van der Waals surface area contributed by atoms with Crippen LogP contribution >= 0.6 is 0 Å². The molecular formula is C27H24O2. The molecule has 4 aromatic carbocycles. The predicted octanol–water partition coefficient (Wildman–Crippen LogP) is 7.81. The zero-order valence-electron chi connectivity index (χ0n) is 16.8. The molecule has 0 aromatic heterocycles. The zero-order valence-corrected chi connectivity index (χ0v) is 16.8. The lowest BCUT2D eigenvalue weighted by Gasteiger charge is -2.09.